The van der Waals surface area contributed by atoms with Gasteiger partial charge in [0.1, 0.15) is 11.5 Å². The van der Waals surface area contributed by atoms with E-state index < -0.39 is 10.0 Å². The van der Waals surface area contributed by atoms with E-state index in [0.29, 0.717) is 17.7 Å². The lowest BCUT2D eigenvalue weighted by molar-refractivity contribution is 0.410. The van der Waals surface area contributed by atoms with Crippen LogP contribution in [0, 0.1) is 13.8 Å². The summed E-state index contributed by atoms with van der Waals surface area (Å²) >= 11 is 0. The molecule has 1 unspecified atom stereocenters. The molecule has 5 nitrogen and oxygen atoms in total. The highest BCUT2D eigenvalue weighted by molar-refractivity contribution is 7.89. The molecule has 2 aromatic carbocycles. The van der Waals surface area contributed by atoms with Crippen LogP contribution in [0.5, 0.6) is 11.5 Å². The summed E-state index contributed by atoms with van der Waals surface area (Å²) in [5.41, 5.74) is 2.41. The molecule has 136 valence electrons. The monoisotopic (exact) mass is 363 g/mol. The molecule has 0 fully saturated rings. The Labute approximate surface area is 150 Å². The minimum atomic E-state index is -3.65. The van der Waals surface area contributed by atoms with E-state index in [1.165, 1.54) is 0 Å². The van der Waals surface area contributed by atoms with Gasteiger partial charge in [0.15, 0.2) is 0 Å². The lowest BCUT2D eigenvalue weighted by Gasteiger charge is -2.20. The molecule has 0 aromatic heterocycles. The van der Waals surface area contributed by atoms with Crippen LogP contribution in [0.2, 0.25) is 0 Å². The maximum Gasteiger partial charge on any atom is 0.241 e. The van der Waals surface area contributed by atoms with Gasteiger partial charge in [-0.1, -0.05) is 19.1 Å². The molecule has 0 saturated carbocycles. The van der Waals surface area contributed by atoms with Crippen molar-refractivity contribution in [2.45, 2.75) is 38.1 Å². The second-order valence-corrected chi connectivity index (χ2v) is 7.55. The predicted octanol–water partition coefficient (Wildman–Crippen LogP) is 3.75. The number of methoxy groups -OCH3 is 2. The number of rotatable bonds is 7. The quantitative estimate of drug-likeness (QED) is 0.814. The zero-order valence-corrected chi connectivity index (χ0v) is 16.1. The van der Waals surface area contributed by atoms with Gasteiger partial charge in [-0.25, -0.2) is 13.1 Å². The van der Waals surface area contributed by atoms with Crippen LogP contribution in [0.15, 0.2) is 41.3 Å². The lowest BCUT2D eigenvalue weighted by Crippen LogP contribution is -2.29. The summed E-state index contributed by atoms with van der Waals surface area (Å²) in [5, 5.41) is 0. The molecule has 0 spiro atoms. The van der Waals surface area contributed by atoms with Crippen molar-refractivity contribution in [1.82, 2.24) is 4.72 Å². The van der Waals surface area contributed by atoms with E-state index in [9.17, 15) is 8.42 Å². The van der Waals surface area contributed by atoms with Crippen molar-refractivity contribution in [2.24, 2.45) is 0 Å². The second kappa shape index (κ2) is 7.89. The molecule has 25 heavy (non-hydrogen) atoms. The van der Waals surface area contributed by atoms with Crippen molar-refractivity contribution in [3.05, 3.63) is 53.1 Å². The van der Waals surface area contributed by atoms with E-state index in [1.54, 1.807) is 33.3 Å². The first-order valence-corrected chi connectivity index (χ1v) is 9.62. The highest BCUT2D eigenvalue weighted by Crippen LogP contribution is 2.28. The molecule has 0 amide bonds. The molecule has 0 aliphatic heterocycles. The third-order valence-corrected chi connectivity index (χ3v) is 6.04. The molecule has 0 aliphatic carbocycles. The van der Waals surface area contributed by atoms with Gasteiger partial charge in [0.2, 0.25) is 10.0 Å². The van der Waals surface area contributed by atoms with E-state index in [-0.39, 0.29) is 10.9 Å². The Hall–Kier alpha value is -2.05. The fourth-order valence-electron chi connectivity index (χ4n) is 2.76. The Morgan fingerprint density at radius 1 is 0.960 bits per heavy atom. The number of sulfonamides is 1. The molecular weight excluding hydrogens is 338 g/mol. The Morgan fingerprint density at radius 3 is 2.12 bits per heavy atom. The molecule has 6 heteroatoms. The molecule has 1 N–H and O–H groups in total. The number of benzene rings is 2. The van der Waals surface area contributed by atoms with Gasteiger partial charge in [-0.15, -0.1) is 0 Å². The van der Waals surface area contributed by atoms with Crippen LogP contribution in [0.4, 0.5) is 0 Å². The van der Waals surface area contributed by atoms with Crippen LogP contribution < -0.4 is 14.2 Å². The second-order valence-electron chi connectivity index (χ2n) is 5.87. The molecule has 0 bridgehead atoms. The van der Waals surface area contributed by atoms with Crippen LogP contribution in [0.3, 0.4) is 0 Å². The first-order valence-electron chi connectivity index (χ1n) is 8.14. The van der Waals surface area contributed by atoms with Crippen molar-refractivity contribution >= 4 is 10.0 Å². The van der Waals surface area contributed by atoms with Gasteiger partial charge in [-0.2, -0.15) is 0 Å². The molecular formula is C19H25NO4S. The number of ether oxygens (including phenoxy) is 2. The average molecular weight is 363 g/mol. The fourth-order valence-corrected chi connectivity index (χ4v) is 4.36. The summed E-state index contributed by atoms with van der Waals surface area (Å²) < 4.78 is 39.0. The first kappa shape index (κ1) is 19.3. The Kier molecular flexibility index (Phi) is 6.08. The van der Waals surface area contributed by atoms with Crippen molar-refractivity contribution in [1.29, 1.82) is 0 Å². The van der Waals surface area contributed by atoms with Crippen LogP contribution in [0.25, 0.3) is 0 Å². The van der Waals surface area contributed by atoms with Crippen molar-refractivity contribution in [3.63, 3.8) is 0 Å². The predicted molar refractivity (Wildman–Crippen MR) is 98.8 cm³/mol. The third kappa shape index (κ3) is 4.14. The summed E-state index contributed by atoms with van der Waals surface area (Å²) in [6.07, 6.45) is 0.639. The third-order valence-electron chi connectivity index (χ3n) is 4.42. The fraction of sp³-hybridized carbons (Fsp3) is 0.368. The largest absolute Gasteiger partial charge is 0.497 e. The first-order chi connectivity index (χ1) is 11.8. The van der Waals surface area contributed by atoms with E-state index in [4.69, 9.17) is 9.47 Å². The topological polar surface area (TPSA) is 64.6 Å². The summed E-state index contributed by atoms with van der Waals surface area (Å²) in [5.74, 6) is 1.42. The number of hydrogen-bond donors (Lipinski definition) is 1. The van der Waals surface area contributed by atoms with Gasteiger partial charge in [-0.3, -0.25) is 0 Å². The van der Waals surface area contributed by atoms with Crippen LogP contribution >= 0.6 is 0 Å². The maximum absolute atomic E-state index is 12.9. The van der Waals surface area contributed by atoms with Gasteiger partial charge >= 0.3 is 0 Å². The maximum atomic E-state index is 12.9. The number of hydrogen-bond acceptors (Lipinski definition) is 4. The zero-order valence-electron chi connectivity index (χ0n) is 15.3. The normalized spacial score (nSPS) is 12.7. The molecule has 1 atom stereocenters. The standard InChI is InChI=1S/C19H25NO4S/c1-6-17(15-7-9-16(23-4)10-8-15)20-25(21,22)19-12-11-18(24-5)13(2)14(19)3/h7-12,17,20H,6H2,1-5H3. The van der Waals surface area contributed by atoms with E-state index in [1.807, 2.05) is 38.1 Å². The molecule has 2 aromatic rings. The average Bonchev–Trinajstić information content (AvgIpc) is 2.61. The van der Waals surface area contributed by atoms with Crippen LogP contribution in [-0.4, -0.2) is 22.6 Å². The highest BCUT2D eigenvalue weighted by Gasteiger charge is 2.23. The Bertz CT molecular complexity index is 829. The van der Waals surface area contributed by atoms with Crippen molar-refractivity contribution in [2.75, 3.05) is 14.2 Å². The molecule has 0 heterocycles. The van der Waals surface area contributed by atoms with E-state index in [2.05, 4.69) is 4.72 Å². The summed E-state index contributed by atoms with van der Waals surface area (Å²) in [4.78, 5) is 0.276. The smallest absolute Gasteiger partial charge is 0.241 e. The van der Waals surface area contributed by atoms with Gasteiger partial charge in [-0.05, 0) is 61.2 Å². The summed E-state index contributed by atoms with van der Waals surface area (Å²) in [6, 6.07) is 10.4. The van der Waals surface area contributed by atoms with Crippen LogP contribution in [0.1, 0.15) is 36.1 Å². The minimum Gasteiger partial charge on any atom is -0.497 e. The molecule has 0 saturated heterocycles. The summed E-state index contributed by atoms with van der Waals surface area (Å²) in [6.45, 7) is 5.60. The van der Waals surface area contributed by atoms with Crippen molar-refractivity contribution in [3.8, 4) is 11.5 Å². The van der Waals surface area contributed by atoms with Gasteiger partial charge < -0.3 is 9.47 Å². The zero-order chi connectivity index (χ0) is 18.6. The SMILES string of the molecule is CCC(NS(=O)(=O)c1ccc(OC)c(C)c1C)c1ccc(OC)cc1. The van der Waals surface area contributed by atoms with Gasteiger partial charge in [0, 0.05) is 6.04 Å². The molecule has 0 aliphatic rings. The van der Waals surface area contributed by atoms with Crippen LogP contribution in [-0.2, 0) is 10.0 Å². The minimum absolute atomic E-state index is 0.276. The highest BCUT2D eigenvalue weighted by atomic mass is 32.2. The molecule has 0 radical (unpaired) electrons. The van der Waals surface area contributed by atoms with E-state index in [0.717, 1.165) is 16.9 Å². The number of nitrogens with one attached hydrogen (secondary N) is 1. The van der Waals surface area contributed by atoms with Gasteiger partial charge in [0.25, 0.3) is 0 Å². The lowest BCUT2D eigenvalue weighted by atomic mass is 10.1. The van der Waals surface area contributed by atoms with Crippen molar-refractivity contribution < 1.29 is 17.9 Å². The summed E-state index contributed by atoms with van der Waals surface area (Å²) in [7, 11) is -0.475. The Morgan fingerprint density at radius 2 is 1.60 bits per heavy atom. The van der Waals surface area contributed by atoms with Gasteiger partial charge in [0.05, 0.1) is 19.1 Å². The van der Waals surface area contributed by atoms with E-state index >= 15 is 0 Å². The Balaban J connectivity index is 2.34. The molecule has 2 rings (SSSR count).